The van der Waals surface area contributed by atoms with Crippen LogP contribution in [0.4, 0.5) is 0 Å². The van der Waals surface area contributed by atoms with E-state index < -0.39 is 10.0 Å². The molecule has 0 atom stereocenters. The minimum Gasteiger partial charge on any atom is -0.245 e. The van der Waals surface area contributed by atoms with Crippen molar-refractivity contribution < 1.29 is 8.42 Å². The zero-order valence-corrected chi connectivity index (χ0v) is 11.8. The molecule has 96 valence electrons. The van der Waals surface area contributed by atoms with Crippen molar-refractivity contribution in [1.29, 1.82) is 0 Å². The van der Waals surface area contributed by atoms with Gasteiger partial charge in [0.2, 0.25) is 10.0 Å². The fourth-order valence-electron chi connectivity index (χ4n) is 1.44. The first kappa shape index (κ1) is 13.2. The molecule has 1 aromatic heterocycles. The van der Waals surface area contributed by atoms with Crippen LogP contribution in [0.25, 0.3) is 0 Å². The van der Waals surface area contributed by atoms with Crippen molar-refractivity contribution in [2.75, 3.05) is 0 Å². The second-order valence-electron chi connectivity index (χ2n) is 4.02. The molecule has 2 rings (SSSR count). The fraction of sp³-hybridized carbons (Fsp3) is 0.250. The Morgan fingerprint density at radius 2 is 1.89 bits per heavy atom. The zero-order valence-electron chi connectivity index (χ0n) is 10.2. The standard InChI is InChI=1S/C12H14N2O2S2/c1-9-3-5-11(6-4-9)18(15,16)13-7-12-14-10(2)8-17-12/h3-6,8,13H,7H2,1-2H3. The summed E-state index contributed by atoms with van der Waals surface area (Å²) in [4.78, 5) is 4.49. The summed E-state index contributed by atoms with van der Waals surface area (Å²) in [6.45, 7) is 4.03. The molecule has 0 unspecified atom stereocenters. The molecule has 18 heavy (non-hydrogen) atoms. The summed E-state index contributed by atoms with van der Waals surface area (Å²) in [5, 5.41) is 2.67. The van der Waals surface area contributed by atoms with E-state index in [1.54, 1.807) is 24.3 Å². The molecule has 0 saturated carbocycles. The molecule has 6 heteroatoms. The third kappa shape index (κ3) is 3.16. The summed E-state index contributed by atoms with van der Waals surface area (Å²) in [5.41, 5.74) is 1.94. The van der Waals surface area contributed by atoms with Crippen LogP contribution in [0.5, 0.6) is 0 Å². The minimum atomic E-state index is -3.45. The van der Waals surface area contributed by atoms with Gasteiger partial charge in [-0.15, -0.1) is 11.3 Å². The highest BCUT2D eigenvalue weighted by molar-refractivity contribution is 7.89. The first-order valence-corrected chi connectivity index (χ1v) is 7.81. The average Bonchev–Trinajstić information content (AvgIpc) is 2.73. The van der Waals surface area contributed by atoms with Gasteiger partial charge in [0.25, 0.3) is 0 Å². The first-order chi connectivity index (χ1) is 8.47. The van der Waals surface area contributed by atoms with Crippen LogP contribution in [0.1, 0.15) is 16.3 Å². The van der Waals surface area contributed by atoms with E-state index in [0.717, 1.165) is 16.3 Å². The number of hydrogen-bond acceptors (Lipinski definition) is 4. The lowest BCUT2D eigenvalue weighted by molar-refractivity contribution is 0.581. The van der Waals surface area contributed by atoms with Gasteiger partial charge in [-0.05, 0) is 26.0 Å². The lowest BCUT2D eigenvalue weighted by atomic mass is 10.2. The van der Waals surface area contributed by atoms with Crippen LogP contribution >= 0.6 is 11.3 Å². The van der Waals surface area contributed by atoms with Crippen molar-refractivity contribution in [2.45, 2.75) is 25.3 Å². The molecule has 0 aliphatic rings. The normalized spacial score (nSPS) is 11.7. The maximum absolute atomic E-state index is 12.0. The number of benzene rings is 1. The number of hydrogen-bond donors (Lipinski definition) is 1. The summed E-state index contributed by atoms with van der Waals surface area (Å²) >= 11 is 1.45. The van der Waals surface area contributed by atoms with Gasteiger partial charge >= 0.3 is 0 Å². The lowest BCUT2D eigenvalue weighted by Gasteiger charge is -2.05. The monoisotopic (exact) mass is 282 g/mol. The van der Waals surface area contributed by atoms with Crippen molar-refractivity contribution in [1.82, 2.24) is 9.71 Å². The molecule has 0 amide bonds. The van der Waals surface area contributed by atoms with E-state index in [0.29, 0.717) is 0 Å². The van der Waals surface area contributed by atoms with Crippen LogP contribution in [-0.4, -0.2) is 13.4 Å². The van der Waals surface area contributed by atoms with Gasteiger partial charge in [0.05, 0.1) is 11.4 Å². The third-order valence-electron chi connectivity index (χ3n) is 2.41. The van der Waals surface area contributed by atoms with Gasteiger partial charge in [0.1, 0.15) is 5.01 Å². The lowest BCUT2D eigenvalue weighted by Crippen LogP contribution is -2.23. The summed E-state index contributed by atoms with van der Waals surface area (Å²) < 4.78 is 26.5. The molecule has 1 heterocycles. The highest BCUT2D eigenvalue weighted by Gasteiger charge is 2.13. The molecule has 1 N–H and O–H groups in total. The smallest absolute Gasteiger partial charge is 0.240 e. The van der Waals surface area contributed by atoms with Crippen LogP contribution < -0.4 is 4.72 Å². The molecule has 2 aromatic rings. The molecular weight excluding hydrogens is 268 g/mol. The second kappa shape index (κ2) is 5.17. The predicted octanol–water partition coefficient (Wildman–Crippen LogP) is 2.24. The van der Waals surface area contributed by atoms with Crippen molar-refractivity contribution in [3.8, 4) is 0 Å². The van der Waals surface area contributed by atoms with E-state index in [4.69, 9.17) is 0 Å². The largest absolute Gasteiger partial charge is 0.245 e. The van der Waals surface area contributed by atoms with E-state index in [-0.39, 0.29) is 11.4 Å². The Hall–Kier alpha value is -1.24. The number of aryl methyl sites for hydroxylation is 2. The number of thiazole rings is 1. The minimum absolute atomic E-state index is 0.231. The van der Waals surface area contributed by atoms with Crippen LogP contribution in [0, 0.1) is 13.8 Å². The van der Waals surface area contributed by atoms with Crippen molar-refractivity contribution in [3.63, 3.8) is 0 Å². The molecule has 0 fully saturated rings. The summed E-state index contributed by atoms with van der Waals surface area (Å²) in [5.74, 6) is 0. The Balaban J connectivity index is 2.10. The van der Waals surface area contributed by atoms with Gasteiger partial charge in [-0.3, -0.25) is 0 Å². The Bertz CT molecular complexity index is 630. The topological polar surface area (TPSA) is 59.1 Å². The van der Waals surface area contributed by atoms with E-state index in [9.17, 15) is 8.42 Å². The predicted molar refractivity (Wildman–Crippen MR) is 72.1 cm³/mol. The van der Waals surface area contributed by atoms with Crippen molar-refractivity contribution >= 4 is 21.4 Å². The van der Waals surface area contributed by atoms with Gasteiger partial charge < -0.3 is 0 Å². The highest BCUT2D eigenvalue weighted by Crippen LogP contribution is 2.12. The third-order valence-corrected chi connectivity index (χ3v) is 4.80. The van der Waals surface area contributed by atoms with Gasteiger partial charge in [-0.2, -0.15) is 0 Å². The first-order valence-electron chi connectivity index (χ1n) is 5.45. The van der Waals surface area contributed by atoms with Gasteiger partial charge in [-0.1, -0.05) is 17.7 Å². The fourth-order valence-corrected chi connectivity index (χ4v) is 3.23. The van der Waals surface area contributed by atoms with Crippen LogP contribution in [0.3, 0.4) is 0 Å². The quantitative estimate of drug-likeness (QED) is 0.935. The summed E-state index contributed by atoms with van der Waals surface area (Å²) in [6.07, 6.45) is 0. The highest BCUT2D eigenvalue weighted by atomic mass is 32.2. The number of aromatic nitrogens is 1. The Morgan fingerprint density at radius 1 is 1.22 bits per heavy atom. The maximum Gasteiger partial charge on any atom is 0.240 e. The van der Waals surface area contributed by atoms with Crippen molar-refractivity contribution in [2.24, 2.45) is 0 Å². The maximum atomic E-state index is 12.0. The molecule has 0 bridgehead atoms. The molecule has 0 saturated heterocycles. The average molecular weight is 282 g/mol. The Morgan fingerprint density at radius 3 is 2.44 bits per heavy atom. The molecule has 0 aliphatic carbocycles. The molecule has 4 nitrogen and oxygen atoms in total. The summed E-state index contributed by atoms with van der Waals surface area (Å²) in [6, 6.07) is 6.76. The number of rotatable bonds is 4. The van der Waals surface area contributed by atoms with E-state index in [2.05, 4.69) is 9.71 Å². The van der Waals surface area contributed by atoms with E-state index in [1.807, 2.05) is 19.2 Å². The van der Waals surface area contributed by atoms with Crippen LogP contribution in [0.2, 0.25) is 0 Å². The zero-order chi connectivity index (χ0) is 13.2. The van der Waals surface area contributed by atoms with E-state index >= 15 is 0 Å². The van der Waals surface area contributed by atoms with Crippen molar-refractivity contribution in [3.05, 3.63) is 45.9 Å². The Labute approximate surface area is 111 Å². The van der Waals surface area contributed by atoms with E-state index in [1.165, 1.54) is 11.3 Å². The molecule has 0 radical (unpaired) electrons. The van der Waals surface area contributed by atoms with Crippen LogP contribution in [-0.2, 0) is 16.6 Å². The number of nitrogens with one attached hydrogen (secondary N) is 1. The van der Waals surface area contributed by atoms with Crippen LogP contribution in [0.15, 0.2) is 34.5 Å². The summed E-state index contributed by atoms with van der Waals surface area (Å²) in [7, 11) is -3.45. The molecule has 0 aliphatic heterocycles. The molecule has 0 spiro atoms. The number of sulfonamides is 1. The molecular formula is C12H14N2O2S2. The Kier molecular flexibility index (Phi) is 3.79. The van der Waals surface area contributed by atoms with Gasteiger partial charge in [0, 0.05) is 11.1 Å². The van der Waals surface area contributed by atoms with Gasteiger partial charge in [-0.25, -0.2) is 18.1 Å². The van der Waals surface area contributed by atoms with Gasteiger partial charge in [0.15, 0.2) is 0 Å². The molecule has 1 aromatic carbocycles. The second-order valence-corrected chi connectivity index (χ2v) is 6.73. The number of nitrogens with zero attached hydrogens (tertiary/aromatic N) is 1. The SMILES string of the molecule is Cc1ccc(S(=O)(=O)NCc2nc(C)cs2)cc1.